The number of hydrogen-bond acceptors (Lipinski definition) is 2. The summed E-state index contributed by atoms with van der Waals surface area (Å²) in [7, 11) is 1.86. The molecule has 2 rings (SSSR count). The van der Waals surface area contributed by atoms with Gasteiger partial charge in [0.05, 0.1) is 23.0 Å². The molecule has 0 aliphatic heterocycles. The van der Waals surface area contributed by atoms with E-state index in [4.69, 9.17) is 17.3 Å². The Balaban J connectivity index is 2.17. The van der Waals surface area contributed by atoms with E-state index in [1.807, 2.05) is 7.05 Å². The monoisotopic (exact) mass is 249 g/mol. The first kappa shape index (κ1) is 12.1. The van der Waals surface area contributed by atoms with Gasteiger partial charge in [-0.3, -0.25) is 4.68 Å². The van der Waals surface area contributed by atoms with Crippen LogP contribution in [0.25, 0.3) is 0 Å². The van der Waals surface area contributed by atoms with E-state index in [9.17, 15) is 0 Å². The SMILES string of the molecule is Cc1ccc(CC(N)c2c(Cl)cnn2C)cc1. The Morgan fingerprint density at radius 3 is 2.53 bits per heavy atom. The lowest BCUT2D eigenvalue weighted by atomic mass is 10.0. The predicted molar refractivity (Wildman–Crippen MR) is 70.0 cm³/mol. The second kappa shape index (κ2) is 4.90. The number of aromatic nitrogens is 2. The van der Waals surface area contributed by atoms with Gasteiger partial charge in [-0.25, -0.2) is 0 Å². The van der Waals surface area contributed by atoms with Crippen molar-refractivity contribution in [3.63, 3.8) is 0 Å². The van der Waals surface area contributed by atoms with Crippen LogP contribution in [0.15, 0.2) is 30.5 Å². The summed E-state index contributed by atoms with van der Waals surface area (Å²) in [6, 6.07) is 8.25. The number of hydrogen-bond donors (Lipinski definition) is 1. The van der Waals surface area contributed by atoms with Crippen molar-refractivity contribution in [2.45, 2.75) is 19.4 Å². The quantitative estimate of drug-likeness (QED) is 0.909. The first-order valence-corrected chi connectivity index (χ1v) is 5.94. The molecule has 17 heavy (non-hydrogen) atoms. The summed E-state index contributed by atoms with van der Waals surface area (Å²) in [5.74, 6) is 0. The molecule has 3 nitrogen and oxygen atoms in total. The molecule has 0 aliphatic carbocycles. The first-order chi connectivity index (χ1) is 8.08. The maximum absolute atomic E-state index is 6.17. The zero-order valence-corrected chi connectivity index (χ0v) is 10.8. The number of benzene rings is 1. The first-order valence-electron chi connectivity index (χ1n) is 5.56. The fourth-order valence-electron chi connectivity index (χ4n) is 1.91. The van der Waals surface area contributed by atoms with E-state index < -0.39 is 0 Å². The van der Waals surface area contributed by atoms with Gasteiger partial charge in [-0.1, -0.05) is 41.4 Å². The molecule has 0 aliphatic rings. The number of rotatable bonds is 3. The molecule has 2 N–H and O–H groups in total. The minimum absolute atomic E-state index is 0.127. The molecule has 1 atom stereocenters. The van der Waals surface area contributed by atoms with Gasteiger partial charge in [0.25, 0.3) is 0 Å². The van der Waals surface area contributed by atoms with Gasteiger partial charge in [-0.2, -0.15) is 5.10 Å². The van der Waals surface area contributed by atoms with Crippen LogP contribution in [-0.2, 0) is 13.5 Å². The van der Waals surface area contributed by atoms with E-state index in [2.05, 4.69) is 36.3 Å². The lowest BCUT2D eigenvalue weighted by molar-refractivity contribution is 0.617. The van der Waals surface area contributed by atoms with Crippen LogP contribution in [0.1, 0.15) is 22.9 Å². The molecule has 0 radical (unpaired) electrons. The summed E-state index contributed by atoms with van der Waals surface area (Å²) < 4.78 is 1.74. The zero-order chi connectivity index (χ0) is 12.4. The van der Waals surface area contributed by atoms with Gasteiger partial charge in [0.15, 0.2) is 0 Å². The van der Waals surface area contributed by atoms with Crippen molar-refractivity contribution >= 4 is 11.6 Å². The molecular weight excluding hydrogens is 234 g/mol. The lowest BCUT2D eigenvalue weighted by Gasteiger charge is -2.13. The fourth-order valence-corrected chi connectivity index (χ4v) is 2.22. The van der Waals surface area contributed by atoms with E-state index in [-0.39, 0.29) is 6.04 Å². The Morgan fingerprint density at radius 2 is 2.00 bits per heavy atom. The van der Waals surface area contributed by atoms with E-state index in [1.165, 1.54) is 11.1 Å². The Kier molecular flexibility index (Phi) is 3.50. The molecule has 4 heteroatoms. The third-order valence-corrected chi connectivity index (χ3v) is 3.16. The minimum Gasteiger partial charge on any atom is -0.322 e. The number of aryl methyl sites for hydroxylation is 2. The van der Waals surface area contributed by atoms with Crippen LogP contribution < -0.4 is 5.73 Å². The van der Waals surface area contributed by atoms with Gasteiger partial charge in [0, 0.05) is 7.05 Å². The molecular formula is C13H16ClN3. The van der Waals surface area contributed by atoms with Crippen molar-refractivity contribution in [2.24, 2.45) is 12.8 Å². The Morgan fingerprint density at radius 1 is 1.35 bits per heavy atom. The maximum atomic E-state index is 6.17. The molecule has 0 saturated carbocycles. The molecule has 0 fully saturated rings. The average molecular weight is 250 g/mol. The van der Waals surface area contributed by atoms with Crippen LogP contribution in [0.4, 0.5) is 0 Å². The van der Waals surface area contributed by atoms with Gasteiger partial charge >= 0.3 is 0 Å². The standard InChI is InChI=1S/C13H16ClN3/c1-9-3-5-10(6-4-9)7-12(15)13-11(14)8-16-17(13)2/h3-6,8,12H,7,15H2,1-2H3. The van der Waals surface area contributed by atoms with Crippen molar-refractivity contribution in [1.29, 1.82) is 0 Å². The summed E-state index contributed by atoms with van der Waals surface area (Å²) in [5, 5.41) is 4.73. The third-order valence-electron chi connectivity index (χ3n) is 2.87. The highest BCUT2D eigenvalue weighted by Crippen LogP contribution is 2.23. The van der Waals surface area contributed by atoms with Crippen molar-refractivity contribution in [1.82, 2.24) is 9.78 Å². The Bertz CT molecular complexity index is 482. The molecule has 1 heterocycles. The van der Waals surface area contributed by atoms with Crippen molar-refractivity contribution in [3.8, 4) is 0 Å². The molecule has 1 aromatic carbocycles. The van der Waals surface area contributed by atoms with Gasteiger partial charge < -0.3 is 5.73 Å². The van der Waals surface area contributed by atoms with Crippen LogP contribution in [0.5, 0.6) is 0 Å². The highest BCUT2D eigenvalue weighted by molar-refractivity contribution is 6.31. The number of nitrogens with zero attached hydrogens (tertiary/aromatic N) is 2. The highest BCUT2D eigenvalue weighted by atomic mass is 35.5. The van der Waals surface area contributed by atoms with Crippen LogP contribution in [0, 0.1) is 6.92 Å². The van der Waals surface area contributed by atoms with Crippen molar-refractivity contribution < 1.29 is 0 Å². The topological polar surface area (TPSA) is 43.8 Å². The molecule has 2 aromatic rings. The van der Waals surface area contributed by atoms with E-state index in [0.29, 0.717) is 5.02 Å². The van der Waals surface area contributed by atoms with Gasteiger partial charge in [0.1, 0.15) is 0 Å². The second-order valence-electron chi connectivity index (χ2n) is 4.30. The number of halogens is 1. The smallest absolute Gasteiger partial charge is 0.0834 e. The molecule has 0 spiro atoms. The maximum Gasteiger partial charge on any atom is 0.0834 e. The predicted octanol–water partition coefficient (Wildman–Crippen LogP) is 2.62. The van der Waals surface area contributed by atoms with E-state index >= 15 is 0 Å². The van der Waals surface area contributed by atoms with Gasteiger partial charge in [-0.15, -0.1) is 0 Å². The minimum atomic E-state index is -0.127. The van der Waals surface area contributed by atoms with E-state index in [0.717, 1.165) is 12.1 Å². The highest BCUT2D eigenvalue weighted by Gasteiger charge is 2.15. The lowest BCUT2D eigenvalue weighted by Crippen LogP contribution is -2.17. The van der Waals surface area contributed by atoms with Crippen LogP contribution in [-0.4, -0.2) is 9.78 Å². The molecule has 90 valence electrons. The Hall–Kier alpha value is -1.32. The largest absolute Gasteiger partial charge is 0.322 e. The average Bonchev–Trinajstić information content (AvgIpc) is 2.62. The van der Waals surface area contributed by atoms with Crippen molar-refractivity contribution in [3.05, 3.63) is 52.3 Å². The Labute approximate surface area is 106 Å². The summed E-state index contributed by atoms with van der Waals surface area (Å²) >= 11 is 6.07. The summed E-state index contributed by atoms with van der Waals surface area (Å²) in [6.45, 7) is 2.07. The molecule has 0 bridgehead atoms. The summed E-state index contributed by atoms with van der Waals surface area (Å²) in [5.41, 5.74) is 9.51. The number of nitrogens with two attached hydrogens (primary N) is 1. The van der Waals surface area contributed by atoms with Crippen LogP contribution >= 0.6 is 11.6 Å². The molecule has 0 saturated heterocycles. The van der Waals surface area contributed by atoms with Crippen molar-refractivity contribution in [2.75, 3.05) is 0 Å². The summed E-state index contributed by atoms with van der Waals surface area (Å²) in [4.78, 5) is 0. The van der Waals surface area contributed by atoms with E-state index in [1.54, 1.807) is 10.9 Å². The zero-order valence-electron chi connectivity index (χ0n) is 10.0. The molecule has 1 aromatic heterocycles. The summed E-state index contributed by atoms with van der Waals surface area (Å²) in [6.07, 6.45) is 2.39. The molecule has 0 amide bonds. The second-order valence-corrected chi connectivity index (χ2v) is 4.70. The third kappa shape index (κ3) is 2.68. The van der Waals surface area contributed by atoms with Gasteiger partial charge in [-0.05, 0) is 18.9 Å². The normalized spacial score (nSPS) is 12.7. The van der Waals surface area contributed by atoms with Gasteiger partial charge in [0.2, 0.25) is 0 Å². The van der Waals surface area contributed by atoms with Crippen LogP contribution in [0.3, 0.4) is 0 Å². The molecule has 1 unspecified atom stereocenters. The van der Waals surface area contributed by atoms with Crippen LogP contribution in [0.2, 0.25) is 5.02 Å². The fraction of sp³-hybridized carbons (Fsp3) is 0.308.